The first kappa shape index (κ1) is 33.3. The second kappa shape index (κ2) is 13.4. The van der Waals surface area contributed by atoms with Gasteiger partial charge < -0.3 is 30.2 Å². The summed E-state index contributed by atoms with van der Waals surface area (Å²) in [6, 6.07) is 19.9. The van der Waals surface area contributed by atoms with Crippen LogP contribution in [0.1, 0.15) is 68.7 Å². The SMILES string of the molecule is CC(C)(C)OCC(NC(=O)OC(C)(C)C)C(=O)OCc1ccccc1-c1ccc2nc(N)nc(C(=O)N3Cc4ccccc4C3)c2c1. The van der Waals surface area contributed by atoms with E-state index in [1.165, 1.54) is 0 Å². The van der Waals surface area contributed by atoms with Crippen LogP contribution < -0.4 is 11.1 Å². The van der Waals surface area contributed by atoms with Gasteiger partial charge in [0.1, 0.15) is 17.9 Å². The Morgan fingerprint density at radius 3 is 2.21 bits per heavy atom. The number of nitrogens with one attached hydrogen (secondary N) is 1. The number of rotatable bonds is 8. The monoisotopic (exact) mass is 639 g/mol. The highest BCUT2D eigenvalue weighted by Gasteiger charge is 2.29. The number of hydrogen-bond donors (Lipinski definition) is 2. The lowest BCUT2D eigenvalue weighted by Crippen LogP contribution is -2.48. The average molecular weight is 640 g/mol. The van der Waals surface area contributed by atoms with Gasteiger partial charge in [0, 0.05) is 18.5 Å². The highest BCUT2D eigenvalue weighted by molar-refractivity contribution is 6.06. The Morgan fingerprint density at radius 1 is 0.894 bits per heavy atom. The van der Waals surface area contributed by atoms with Crippen LogP contribution in [0.3, 0.4) is 0 Å². The Bertz CT molecular complexity index is 1790. The van der Waals surface area contributed by atoms with E-state index in [2.05, 4.69) is 15.3 Å². The van der Waals surface area contributed by atoms with E-state index in [4.69, 9.17) is 19.9 Å². The Labute approximate surface area is 274 Å². The van der Waals surface area contributed by atoms with Gasteiger partial charge >= 0.3 is 12.1 Å². The number of carbonyl (C=O) groups is 3. The number of aromatic nitrogens is 2. The van der Waals surface area contributed by atoms with Crippen molar-refractivity contribution in [2.45, 2.75) is 78.5 Å². The van der Waals surface area contributed by atoms with E-state index in [0.717, 1.165) is 22.3 Å². The van der Waals surface area contributed by atoms with Gasteiger partial charge in [-0.05, 0) is 81.5 Å². The highest BCUT2D eigenvalue weighted by atomic mass is 16.6. The molecular formula is C36H41N5O6. The van der Waals surface area contributed by atoms with Gasteiger partial charge in [0.2, 0.25) is 5.95 Å². The maximum atomic E-state index is 13.8. The number of amides is 2. The molecule has 0 saturated heterocycles. The summed E-state index contributed by atoms with van der Waals surface area (Å²) >= 11 is 0. The summed E-state index contributed by atoms with van der Waals surface area (Å²) in [5, 5.41) is 3.14. The molecule has 3 N–H and O–H groups in total. The van der Waals surface area contributed by atoms with Gasteiger partial charge in [-0.25, -0.2) is 19.6 Å². The number of fused-ring (bicyclic) bond motifs is 2. The number of benzene rings is 3. The first-order valence-electron chi connectivity index (χ1n) is 15.5. The molecule has 0 bridgehead atoms. The smallest absolute Gasteiger partial charge is 0.408 e. The van der Waals surface area contributed by atoms with E-state index in [1.54, 1.807) is 31.7 Å². The van der Waals surface area contributed by atoms with Crippen LogP contribution >= 0.6 is 0 Å². The van der Waals surface area contributed by atoms with Crippen LogP contribution in [0.15, 0.2) is 66.7 Å². The molecule has 246 valence electrons. The fraction of sp³-hybridized carbons (Fsp3) is 0.361. The number of carbonyl (C=O) groups excluding carboxylic acids is 3. The quantitative estimate of drug-likeness (QED) is 0.229. The van der Waals surface area contributed by atoms with Crippen LogP contribution in [-0.4, -0.2) is 56.7 Å². The molecule has 0 aliphatic carbocycles. The largest absolute Gasteiger partial charge is 0.459 e. The van der Waals surface area contributed by atoms with Crippen molar-refractivity contribution in [3.05, 3.63) is 89.1 Å². The standard InChI is InChI=1S/C36H41N5O6/c1-35(2,3)46-21-29(39-34(44)47-36(4,5)6)32(43)45-20-25-13-9-10-14-26(25)22-15-16-28-27(17-22)30(40-33(37)38-28)31(42)41-18-23-11-7-8-12-24(23)19-41/h7-17,29H,18-21H2,1-6H3,(H,39,44)(H2,37,38,40). The van der Waals surface area contributed by atoms with Crippen molar-refractivity contribution in [3.8, 4) is 11.1 Å². The molecule has 1 aromatic heterocycles. The molecule has 0 fully saturated rings. The average Bonchev–Trinajstić information content (AvgIpc) is 3.44. The fourth-order valence-electron chi connectivity index (χ4n) is 5.23. The molecule has 0 spiro atoms. The molecule has 11 nitrogen and oxygen atoms in total. The van der Waals surface area contributed by atoms with Crippen molar-refractivity contribution < 1.29 is 28.6 Å². The highest BCUT2D eigenvalue weighted by Crippen LogP contribution is 2.31. The lowest BCUT2D eigenvalue weighted by molar-refractivity contribution is -0.150. The van der Waals surface area contributed by atoms with Crippen molar-refractivity contribution in [1.29, 1.82) is 0 Å². The van der Waals surface area contributed by atoms with Gasteiger partial charge in [0.15, 0.2) is 6.04 Å². The number of alkyl carbamates (subject to hydrolysis) is 1. The van der Waals surface area contributed by atoms with Crippen molar-refractivity contribution >= 4 is 34.8 Å². The third-order valence-electron chi connectivity index (χ3n) is 7.40. The van der Waals surface area contributed by atoms with Crippen molar-refractivity contribution in [2.24, 2.45) is 0 Å². The molecular weight excluding hydrogens is 598 g/mol. The van der Waals surface area contributed by atoms with Gasteiger partial charge in [0.05, 0.1) is 17.7 Å². The molecule has 3 aromatic carbocycles. The molecule has 4 aromatic rings. The number of nitrogen functional groups attached to an aromatic ring is 1. The summed E-state index contributed by atoms with van der Waals surface area (Å²) in [5.41, 5.74) is 9.98. The summed E-state index contributed by atoms with van der Waals surface area (Å²) in [6.45, 7) is 11.6. The number of ether oxygens (including phenoxy) is 3. The van der Waals surface area contributed by atoms with Gasteiger partial charge in [-0.3, -0.25) is 4.79 Å². The molecule has 1 aliphatic rings. The number of hydrogen-bond acceptors (Lipinski definition) is 9. The topological polar surface area (TPSA) is 146 Å². The lowest BCUT2D eigenvalue weighted by Gasteiger charge is -2.26. The van der Waals surface area contributed by atoms with E-state index in [0.29, 0.717) is 29.6 Å². The van der Waals surface area contributed by atoms with Crippen LogP contribution in [0.4, 0.5) is 10.7 Å². The van der Waals surface area contributed by atoms with Gasteiger partial charge in [-0.1, -0.05) is 54.6 Å². The van der Waals surface area contributed by atoms with Crippen LogP contribution in [0.2, 0.25) is 0 Å². The first-order chi connectivity index (χ1) is 22.2. The molecule has 1 atom stereocenters. The van der Waals surface area contributed by atoms with Gasteiger partial charge in [0.25, 0.3) is 5.91 Å². The maximum absolute atomic E-state index is 13.8. The Balaban J connectivity index is 1.38. The molecule has 1 aliphatic heterocycles. The molecule has 11 heteroatoms. The summed E-state index contributed by atoms with van der Waals surface area (Å²) in [4.78, 5) is 50.1. The minimum absolute atomic E-state index is 0.0163. The minimum Gasteiger partial charge on any atom is -0.459 e. The molecule has 2 amide bonds. The van der Waals surface area contributed by atoms with E-state index in [-0.39, 0.29) is 30.8 Å². The Kier molecular flexibility index (Phi) is 9.48. The van der Waals surface area contributed by atoms with Crippen LogP contribution in [0.25, 0.3) is 22.0 Å². The fourth-order valence-corrected chi connectivity index (χ4v) is 5.23. The van der Waals surface area contributed by atoms with Crippen molar-refractivity contribution in [2.75, 3.05) is 12.3 Å². The molecule has 2 heterocycles. The van der Waals surface area contributed by atoms with Gasteiger partial charge in [-0.15, -0.1) is 0 Å². The van der Waals surface area contributed by atoms with Crippen LogP contribution in [0, 0.1) is 0 Å². The zero-order chi connectivity index (χ0) is 33.9. The zero-order valence-corrected chi connectivity index (χ0v) is 27.6. The van der Waals surface area contributed by atoms with E-state index < -0.39 is 29.3 Å². The third kappa shape index (κ3) is 8.42. The first-order valence-corrected chi connectivity index (χ1v) is 15.5. The molecule has 47 heavy (non-hydrogen) atoms. The number of nitrogens with two attached hydrogens (primary N) is 1. The maximum Gasteiger partial charge on any atom is 0.408 e. The molecule has 5 rings (SSSR count). The summed E-state index contributed by atoms with van der Waals surface area (Å²) in [7, 11) is 0. The normalized spacial score (nSPS) is 13.6. The zero-order valence-electron chi connectivity index (χ0n) is 27.6. The lowest BCUT2D eigenvalue weighted by atomic mass is 9.98. The van der Waals surface area contributed by atoms with E-state index >= 15 is 0 Å². The van der Waals surface area contributed by atoms with Crippen LogP contribution in [0.5, 0.6) is 0 Å². The second-order valence-electron chi connectivity index (χ2n) is 13.5. The molecule has 0 radical (unpaired) electrons. The van der Waals surface area contributed by atoms with E-state index in [9.17, 15) is 14.4 Å². The van der Waals surface area contributed by atoms with Crippen molar-refractivity contribution in [1.82, 2.24) is 20.2 Å². The summed E-state index contributed by atoms with van der Waals surface area (Å²) < 4.78 is 16.9. The predicted molar refractivity (Wildman–Crippen MR) is 178 cm³/mol. The summed E-state index contributed by atoms with van der Waals surface area (Å²) in [6.07, 6.45) is -0.750. The molecule has 0 saturated carbocycles. The third-order valence-corrected chi connectivity index (χ3v) is 7.40. The Morgan fingerprint density at radius 2 is 1.55 bits per heavy atom. The molecule has 1 unspecified atom stereocenters. The van der Waals surface area contributed by atoms with Crippen LogP contribution in [-0.2, 0) is 38.7 Å². The Hall–Kier alpha value is -5.03. The van der Waals surface area contributed by atoms with Gasteiger partial charge in [-0.2, -0.15) is 0 Å². The second-order valence-corrected chi connectivity index (χ2v) is 13.5. The number of anilines is 1. The van der Waals surface area contributed by atoms with Crippen molar-refractivity contribution in [3.63, 3.8) is 0 Å². The summed E-state index contributed by atoms with van der Waals surface area (Å²) in [5.74, 6) is -0.889. The van der Waals surface area contributed by atoms with E-state index in [1.807, 2.05) is 81.4 Å². The number of nitrogens with zero attached hydrogens (tertiary/aromatic N) is 3. The minimum atomic E-state index is -1.09. The number of esters is 1. The predicted octanol–water partition coefficient (Wildman–Crippen LogP) is 5.79.